The number of halogens is 1. The van der Waals surface area contributed by atoms with Gasteiger partial charge in [-0.15, -0.1) is 0 Å². The molecule has 0 atom stereocenters. The molecule has 20 heavy (non-hydrogen) atoms. The van der Waals surface area contributed by atoms with E-state index in [0.717, 1.165) is 10.2 Å². The second-order valence-electron chi connectivity index (χ2n) is 3.81. The first kappa shape index (κ1) is 14.3. The molecule has 0 aliphatic carbocycles. The van der Waals surface area contributed by atoms with Gasteiger partial charge in [-0.3, -0.25) is 0 Å². The number of hydrogen-bond acceptors (Lipinski definition) is 4. The number of pyridine rings is 1. The van der Waals surface area contributed by atoms with Crippen LogP contribution in [0.1, 0.15) is 10.5 Å². The Hall–Kier alpha value is -2.08. The van der Waals surface area contributed by atoms with Gasteiger partial charge in [-0.1, -0.05) is 15.9 Å². The maximum Gasteiger partial charge on any atom is 0.358 e. The first-order chi connectivity index (χ1) is 9.66. The minimum absolute atomic E-state index is 0.101. The van der Waals surface area contributed by atoms with Gasteiger partial charge in [0.15, 0.2) is 11.4 Å². The lowest BCUT2D eigenvalue weighted by atomic mass is 10.3. The summed E-state index contributed by atoms with van der Waals surface area (Å²) in [6, 6.07) is 10.6. The standard InChI is InChI=1S/C14H12BrNO4/c15-10-3-5-11(6-4-10)19-8-9-20-12-2-1-7-16-13(12)14(17)18/h1-7H,8-9H2,(H,17,18). The maximum atomic E-state index is 10.9. The maximum absolute atomic E-state index is 10.9. The molecule has 2 rings (SSSR count). The van der Waals surface area contributed by atoms with Gasteiger partial charge in [-0.05, 0) is 36.4 Å². The van der Waals surface area contributed by atoms with Gasteiger partial charge in [0.05, 0.1) is 0 Å². The number of aromatic carboxylic acids is 1. The van der Waals surface area contributed by atoms with Crippen LogP contribution in [0.15, 0.2) is 47.1 Å². The average Bonchev–Trinajstić information content (AvgIpc) is 2.46. The van der Waals surface area contributed by atoms with E-state index in [9.17, 15) is 4.79 Å². The molecule has 0 spiro atoms. The fourth-order valence-corrected chi connectivity index (χ4v) is 1.77. The molecular weight excluding hydrogens is 326 g/mol. The van der Waals surface area contributed by atoms with Crippen molar-refractivity contribution >= 4 is 21.9 Å². The van der Waals surface area contributed by atoms with Gasteiger partial charge >= 0.3 is 5.97 Å². The number of hydrogen-bond donors (Lipinski definition) is 1. The molecule has 0 amide bonds. The summed E-state index contributed by atoms with van der Waals surface area (Å²) < 4.78 is 11.8. The Morgan fingerprint density at radius 1 is 1.15 bits per heavy atom. The van der Waals surface area contributed by atoms with E-state index in [1.54, 1.807) is 12.1 Å². The number of carboxylic acids is 1. The number of rotatable bonds is 6. The van der Waals surface area contributed by atoms with Crippen LogP contribution in [-0.2, 0) is 0 Å². The molecule has 0 saturated carbocycles. The average molecular weight is 338 g/mol. The molecule has 104 valence electrons. The van der Waals surface area contributed by atoms with Crippen LogP contribution >= 0.6 is 15.9 Å². The van der Waals surface area contributed by atoms with E-state index in [1.165, 1.54) is 6.20 Å². The van der Waals surface area contributed by atoms with E-state index < -0.39 is 5.97 Å². The predicted molar refractivity (Wildman–Crippen MR) is 76.3 cm³/mol. The highest BCUT2D eigenvalue weighted by molar-refractivity contribution is 9.10. The smallest absolute Gasteiger partial charge is 0.358 e. The van der Waals surface area contributed by atoms with Crippen molar-refractivity contribution in [1.82, 2.24) is 4.98 Å². The number of benzene rings is 1. The van der Waals surface area contributed by atoms with Gasteiger partial charge in [0, 0.05) is 10.7 Å². The van der Waals surface area contributed by atoms with E-state index in [0.29, 0.717) is 6.61 Å². The molecule has 0 bridgehead atoms. The summed E-state index contributed by atoms with van der Waals surface area (Å²) in [4.78, 5) is 14.7. The van der Waals surface area contributed by atoms with E-state index in [2.05, 4.69) is 20.9 Å². The molecule has 1 heterocycles. The molecular formula is C14H12BrNO4. The highest BCUT2D eigenvalue weighted by atomic mass is 79.9. The first-order valence-corrected chi connectivity index (χ1v) is 6.65. The van der Waals surface area contributed by atoms with Crippen molar-refractivity contribution < 1.29 is 19.4 Å². The summed E-state index contributed by atoms with van der Waals surface area (Å²) in [6.07, 6.45) is 1.41. The topological polar surface area (TPSA) is 68.7 Å². The molecule has 0 unspecified atom stereocenters. The molecule has 1 aromatic heterocycles. The lowest BCUT2D eigenvalue weighted by molar-refractivity contribution is 0.0684. The number of aromatic nitrogens is 1. The normalized spacial score (nSPS) is 10.1. The fraction of sp³-hybridized carbons (Fsp3) is 0.143. The van der Waals surface area contributed by atoms with Crippen molar-refractivity contribution in [2.24, 2.45) is 0 Å². The largest absolute Gasteiger partial charge is 0.490 e. The Kier molecular flexibility index (Phi) is 4.95. The Morgan fingerprint density at radius 2 is 1.85 bits per heavy atom. The van der Waals surface area contributed by atoms with Crippen LogP contribution in [0, 0.1) is 0 Å². The number of carboxylic acid groups (broad SMARTS) is 1. The zero-order chi connectivity index (χ0) is 14.4. The Balaban J connectivity index is 1.84. The summed E-state index contributed by atoms with van der Waals surface area (Å²) in [7, 11) is 0. The van der Waals surface area contributed by atoms with Crippen molar-refractivity contribution in [2.75, 3.05) is 13.2 Å². The van der Waals surface area contributed by atoms with Crippen LogP contribution < -0.4 is 9.47 Å². The lowest BCUT2D eigenvalue weighted by Gasteiger charge is -2.09. The minimum atomic E-state index is -1.12. The van der Waals surface area contributed by atoms with Gasteiger partial charge in [-0.2, -0.15) is 0 Å². The van der Waals surface area contributed by atoms with Gasteiger partial charge in [-0.25, -0.2) is 9.78 Å². The summed E-state index contributed by atoms with van der Waals surface area (Å²) >= 11 is 3.34. The Morgan fingerprint density at radius 3 is 2.55 bits per heavy atom. The predicted octanol–water partition coefficient (Wildman–Crippen LogP) is 3.00. The molecule has 0 saturated heterocycles. The fourth-order valence-electron chi connectivity index (χ4n) is 1.51. The second kappa shape index (κ2) is 6.91. The summed E-state index contributed by atoms with van der Waals surface area (Å²) in [5, 5.41) is 8.95. The minimum Gasteiger partial charge on any atom is -0.490 e. The summed E-state index contributed by atoms with van der Waals surface area (Å²) in [6.45, 7) is 0.553. The van der Waals surface area contributed by atoms with Crippen LogP contribution in [0.5, 0.6) is 11.5 Å². The molecule has 0 aliphatic heterocycles. The van der Waals surface area contributed by atoms with Crippen LogP contribution in [0.4, 0.5) is 0 Å². The van der Waals surface area contributed by atoms with Crippen molar-refractivity contribution in [3.63, 3.8) is 0 Å². The van der Waals surface area contributed by atoms with E-state index in [1.807, 2.05) is 24.3 Å². The molecule has 1 N–H and O–H groups in total. The Labute approximate surface area is 124 Å². The number of carbonyl (C=O) groups is 1. The molecule has 5 nitrogen and oxygen atoms in total. The second-order valence-corrected chi connectivity index (χ2v) is 4.72. The Bertz CT molecular complexity index is 586. The highest BCUT2D eigenvalue weighted by Crippen LogP contribution is 2.17. The summed E-state index contributed by atoms with van der Waals surface area (Å²) in [5.41, 5.74) is -0.101. The SMILES string of the molecule is O=C(O)c1ncccc1OCCOc1ccc(Br)cc1. The first-order valence-electron chi connectivity index (χ1n) is 5.86. The molecule has 0 fully saturated rings. The monoisotopic (exact) mass is 337 g/mol. The van der Waals surface area contributed by atoms with Gasteiger partial charge in [0.25, 0.3) is 0 Å². The zero-order valence-corrected chi connectivity index (χ0v) is 12.0. The molecule has 1 aromatic carbocycles. The van der Waals surface area contributed by atoms with E-state index >= 15 is 0 Å². The number of ether oxygens (including phenoxy) is 2. The van der Waals surface area contributed by atoms with Gasteiger partial charge < -0.3 is 14.6 Å². The third-order valence-electron chi connectivity index (χ3n) is 2.40. The van der Waals surface area contributed by atoms with Crippen molar-refractivity contribution in [1.29, 1.82) is 0 Å². The van der Waals surface area contributed by atoms with Crippen molar-refractivity contribution in [3.8, 4) is 11.5 Å². The van der Waals surface area contributed by atoms with Gasteiger partial charge in [0.1, 0.15) is 19.0 Å². The van der Waals surface area contributed by atoms with E-state index in [-0.39, 0.29) is 18.1 Å². The molecule has 6 heteroatoms. The van der Waals surface area contributed by atoms with Crippen molar-refractivity contribution in [3.05, 3.63) is 52.8 Å². The summed E-state index contributed by atoms with van der Waals surface area (Å²) in [5.74, 6) is -0.157. The molecule has 2 aromatic rings. The molecule has 0 radical (unpaired) electrons. The van der Waals surface area contributed by atoms with Crippen molar-refractivity contribution in [2.45, 2.75) is 0 Å². The van der Waals surface area contributed by atoms with Crippen LogP contribution in [0.25, 0.3) is 0 Å². The van der Waals surface area contributed by atoms with E-state index in [4.69, 9.17) is 14.6 Å². The highest BCUT2D eigenvalue weighted by Gasteiger charge is 2.11. The van der Waals surface area contributed by atoms with Crippen LogP contribution in [0.2, 0.25) is 0 Å². The molecule has 0 aliphatic rings. The van der Waals surface area contributed by atoms with Crippen LogP contribution in [-0.4, -0.2) is 29.3 Å². The van der Waals surface area contributed by atoms with Gasteiger partial charge in [0.2, 0.25) is 0 Å². The number of nitrogens with zero attached hydrogens (tertiary/aromatic N) is 1. The quantitative estimate of drug-likeness (QED) is 0.820. The lowest BCUT2D eigenvalue weighted by Crippen LogP contribution is -2.12. The zero-order valence-electron chi connectivity index (χ0n) is 10.5. The third kappa shape index (κ3) is 3.96. The third-order valence-corrected chi connectivity index (χ3v) is 2.93. The van der Waals surface area contributed by atoms with Crippen LogP contribution in [0.3, 0.4) is 0 Å².